The summed E-state index contributed by atoms with van der Waals surface area (Å²) in [5, 5.41) is 0. The van der Waals surface area contributed by atoms with Gasteiger partial charge in [0, 0.05) is 32.2 Å². The van der Waals surface area contributed by atoms with Crippen molar-refractivity contribution in [2.45, 2.75) is 25.3 Å². The molecule has 0 saturated heterocycles. The van der Waals surface area contributed by atoms with Crippen molar-refractivity contribution in [2.24, 2.45) is 0 Å². The summed E-state index contributed by atoms with van der Waals surface area (Å²) in [5.41, 5.74) is 2.90. The number of para-hydroxylation sites is 1. The van der Waals surface area contributed by atoms with E-state index >= 15 is 0 Å². The van der Waals surface area contributed by atoms with Gasteiger partial charge in [0.2, 0.25) is 0 Å². The lowest BCUT2D eigenvalue weighted by Gasteiger charge is -2.29. The summed E-state index contributed by atoms with van der Waals surface area (Å²) in [7, 11) is 6.22. The smallest absolute Gasteiger partial charge is 0.0565 e. The van der Waals surface area contributed by atoms with Crippen LogP contribution in [0.4, 0.5) is 5.69 Å². The quantitative estimate of drug-likeness (QED) is 0.771. The summed E-state index contributed by atoms with van der Waals surface area (Å²) in [6.45, 7) is 4.64. The van der Waals surface area contributed by atoms with Gasteiger partial charge in [-0.05, 0) is 23.9 Å². The van der Waals surface area contributed by atoms with Gasteiger partial charge < -0.3 is 9.80 Å². The SMILES string of the molecule is CN(C)/C=C/C=C/C=C/C1N(C)c2ccccc2C1(C)C. The average Bonchev–Trinajstić information content (AvgIpc) is 2.63. The summed E-state index contributed by atoms with van der Waals surface area (Å²) in [6, 6.07) is 9.09. The van der Waals surface area contributed by atoms with Gasteiger partial charge in [0.25, 0.3) is 0 Å². The second-order valence-corrected chi connectivity index (χ2v) is 6.37. The second-order valence-electron chi connectivity index (χ2n) is 6.37. The van der Waals surface area contributed by atoms with Crippen molar-refractivity contribution >= 4 is 5.69 Å². The van der Waals surface area contributed by atoms with E-state index in [0.29, 0.717) is 6.04 Å². The molecule has 0 spiro atoms. The zero-order valence-corrected chi connectivity index (χ0v) is 13.7. The van der Waals surface area contributed by atoms with Crippen LogP contribution in [0.25, 0.3) is 0 Å². The molecular formula is C19H26N2. The highest BCUT2D eigenvalue weighted by Gasteiger charge is 2.40. The van der Waals surface area contributed by atoms with Gasteiger partial charge in [-0.15, -0.1) is 0 Å². The van der Waals surface area contributed by atoms with Crippen LogP contribution in [0, 0.1) is 0 Å². The number of anilines is 1. The molecule has 1 aromatic rings. The highest BCUT2D eigenvalue weighted by Crippen LogP contribution is 2.44. The van der Waals surface area contributed by atoms with Gasteiger partial charge in [0.05, 0.1) is 6.04 Å². The van der Waals surface area contributed by atoms with Gasteiger partial charge in [-0.25, -0.2) is 0 Å². The largest absolute Gasteiger partial charge is 0.383 e. The Hall–Kier alpha value is -1.96. The third kappa shape index (κ3) is 3.21. The Balaban J connectivity index is 2.12. The Kier molecular flexibility index (Phi) is 4.56. The minimum Gasteiger partial charge on any atom is -0.383 e. The standard InChI is InChI=1S/C19H26N2/c1-19(2)16-12-9-10-13-17(16)21(5)18(19)14-8-6-7-11-15-20(3)4/h6-15,18H,1-5H3/b7-6+,14-8+,15-11+. The Morgan fingerprint density at radius 2 is 1.71 bits per heavy atom. The third-order valence-electron chi connectivity index (χ3n) is 4.15. The number of rotatable bonds is 4. The molecule has 1 atom stereocenters. The monoisotopic (exact) mass is 282 g/mol. The molecule has 1 aromatic carbocycles. The lowest BCUT2D eigenvalue weighted by molar-refractivity contribution is 0.488. The van der Waals surface area contributed by atoms with Crippen molar-refractivity contribution in [1.29, 1.82) is 0 Å². The molecule has 2 rings (SSSR count). The maximum absolute atomic E-state index is 2.37. The number of benzene rings is 1. The maximum atomic E-state index is 2.37. The molecular weight excluding hydrogens is 256 g/mol. The highest BCUT2D eigenvalue weighted by molar-refractivity contribution is 5.64. The van der Waals surface area contributed by atoms with Gasteiger partial charge >= 0.3 is 0 Å². The van der Waals surface area contributed by atoms with E-state index in [9.17, 15) is 0 Å². The van der Waals surface area contributed by atoms with Crippen LogP contribution in [0.1, 0.15) is 19.4 Å². The molecule has 0 fully saturated rings. The first-order valence-corrected chi connectivity index (χ1v) is 7.45. The Morgan fingerprint density at radius 3 is 2.38 bits per heavy atom. The second kappa shape index (κ2) is 6.21. The predicted octanol–water partition coefficient (Wildman–Crippen LogP) is 3.97. The molecule has 0 N–H and O–H groups in total. The minimum atomic E-state index is 0.134. The number of likely N-dealkylation sites (N-methyl/N-ethyl adjacent to an activating group) is 1. The number of allylic oxidation sites excluding steroid dienone is 4. The van der Waals surface area contributed by atoms with E-state index in [0.717, 1.165) is 0 Å². The Morgan fingerprint density at radius 1 is 1.05 bits per heavy atom. The van der Waals surface area contributed by atoms with Gasteiger partial charge in [-0.1, -0.05) is 56.4 Å². The van der Waals surface area contributed by atoms with Gasteiger partial charge in [-0.3, -0.25) is 0 Å². The van der Waals surface area contributed by atoms with Crippen molar-refractivity contribution in [3.8, 4) is 0 Å². The van der Waals surface area contributed by atoms with Gasteiger partial charge in [-0.2, -0.15) is 0 Å². The van der Waals surface area contributed by atoms with Crippen LogP contribution in [0.3, 0.4) is 0 Å². The Labute approximate surface area is 129 Å². The molecule has 1 unspecified atom stereocenters. The van der Waals surface area contributed by atoms with Crippen LogP contribution in [0.15, 0.2) is 60.8 Å². The van der Waals surface area contributed by atoms with E-state index in [2.05, 4.69) is 74.4 Å². The fraction of sp³-hybridized carbons (Fsp3) is 0.368. The molecule has 0 saturated carbocycles. The molecule has 1 aliphatic heterocycles. The molecule has 0 amide bonds. The predicted molar refractivity (Wildman–Crippen MR) is 92.8 cm³/mol. The number of fused-ring (bicyclic) bond motifs is 1. The fourth-order valence-electron chi connectivity index (χ4n) is 3.01. The van der Waals surface area contributed by atoms with Crippen LogP contribution < -0.4 is 4.90 Å². The molecule has 0 aromatic heterocycles. The van der Waals surface area contributed by atoms with Gasteiger partial charge in [0.1, 0.15) is 0 Å². The van der Waals surface area contributed by atoms with Crippen LogP contribution in [0.2, 0.25) is 0 Å². The third-order valence-corrected chi connectivity index (χ3v) is 4.15. The minimum absolute atomic E-state index is 0.134. The molecule has 112 valence electrons. The van der Waals surface area contributed by atoms with E-state index in [1.807, 2.05) is 31.3 Å². The van der Waals surface area contributed by atoms with Gasteiger partial charge in [0.15, 0.2) is 0 Å². The van der Waals surface area contributed by atoms with Crippen LogP contribution in [0.5, 0.6) is 0 Å². The van der Waals surface area contributed by atoms with Crippen LogP contribution >= 0.6 is 0 Å². The Bertz CT molecular complexity index is 565. The van der Waals surface area contributed by atoms with E-state index in [1.54, 1.807) is 0 Å². The zero-order chi connectivity index (χ0) is 15.5. The highest BCUT2D eigenvalue weighted by atomic mass is 15.2. The molecule has 0 aliphatic carbocycles. The number of hydrogen-bond acceptors (Lipinski definition) is 2. The summed E-state index contributed by atoms with van der Waals surface area (Å²) >= 11 is 0. The van der Waals surface area contributed by atoms with E-state index in [1.165, 1.54) is 11.3 Å². The van der Waals surface area contributed by atoms with Crippen molar-refractivity contribution in [1.82, 2.24) is 4.90 Å². The maximum Gasteiger partial charge on any atom is 0.0565 e. The van der Waals surface area contributed by atoms with E-state index < -0.39 is 0 Å². The average molecular weight is 282 g/mol. The summed E-state index contributed by atoms with van der Waals surface area (Å²) in [5.74, 6) is 0. The number of nitrogens with zero attached hydrogens (tertiary/aromatic N) is 2. The molecule has 0 radical (unpaired) electrons. The topological polar surface area (TPSA) is 6.48 Å². The normalized spacial score (nSPS) is 20.8. The van der Waals surface area contributed by atoms with Crippen molar-refractivity contribution in [3.05, 3.63) is 66.4 Å². The molecule has 2 nitrogen and oxygen atoms in total. The molecule has 1 aliphatic rings. The van der Waals surface area contributed by atoms with Crippen molar-refractivity contribution < 1.29 is 0 Å². The molecule has 1 heterocycles. The van der Waals surface area contributed by atoms with Crippen LogP contribution in [-0.2, 0) is 5.41 Å². The zero-order valence-electron chi connectivity index (χ0n) is 13.7. The fourth-order valence-corrected chi connectivity index (χ4v) is 3.01. The van der Waals surface area contributed by atoms with Crippen molar-refractivity contribution in [2.75, 3.05) is 26.0 Å². The molecule has 0 bridgehead atoms. The first kappa shape index (κ1) is 15.4. The first-order chi connectivity index (χ1) is 9.94. The summed E-state index contributed by atoms with van der Waals surface area (Å²) in [6.07, 6.45) is 12.7. The molecule has 2 heteroatoms. The van der Waals surface area contributed by atoms with Crippen molar-refractivity contribution in [3.63, 3.8) is 0 Å². The molecule has 21 heavy (non-hydrogen) atoms. The lowest BCUT2D eigenvalue weighted by atomic mass is 9.80. The lowest BCUT2D eigenvalue weighted by Crippen LogP contribution is -2.37. The summed E-state index contributed by atoms with van der Waals surface area (Å²) < 4.78 is 0. The summed E-state index contributed by atoms with van der Waals surface area (Å²) in [4.78, 5) is 4.40. The van der Waals surface area contributed by atoms with E-state index in [-0.39, 0.29) is 5.41 Å². The van der Waals surface area contributed by atoms with E-state index in [4.69, 9.17) is 0 Å². The first-order valence-electron chi connectivity index (χ1n) is 7.45. The number of hydrogen-bond donors (Lipinski definition) is 0. The van der Waals surface area contributed by atoms with Crippen LogP contribution in [-0.4, -0.2) is 32.1 Å².